The summed E-state index contributed by atoms with van der Waals surface area (Å²) in [6.45, 7) is 6.41. The number of carbonyl (C=O) groups excluding carboxylic acids is 1. The molecule has 0 fully saturated rings. The minimum absolute atomic E-state index is 0.0910. The van der Waals surface area contributed by atoms with E-state index in [9.17, 15) is 13.2 Å². The van der Waals surface area contributed by atoms with E-state index in [0.29, 0.717) is 18.9 Å². The largest absolute Gasteiger partial charge is 0.307 e. The maximum absolute atomic E-state index is 12.8. The van der Waals surface area contributed by atoms with Gasteiger partial charge in [0.05, 0.1) is 17.1 Å². The molecule has 1 amide bonds. The first-order valence-electron chi connectivity index (χ1n) is 12.1. The van der Waals surface area contributed by atoms with Crippen LogP contribution in [0.25, 0.3) is 6.08 Å². The fourth-order valence-corrected chi connectivity index (χ4v) is 6.07. The van der Waals surface area contributed by atoms with Crippen molar-refractivity contribution in [3.63, 3.8) is 0 Å². The number of benzene rings is 2. The maximum Gasteiger partial charge on any atom is 0.249 e. The number of aromatic nitrogens is 2. The lowest BCUT2D eigenvalue weighted by Gasteiger charge is -2.27. The number of hydrogen-bond acceptors (Lipinski definition) is 4. The van der Waals surface area contributed by atoms with E-state index in [-0.39, 0.29) is 16.8 Å². The smallest absolute Gasteiger partial charge is 0.249 e. The Hall–Kier alpha value is -3.23. The lowest BCUT2D eigenvalue weighted by atomic mass is 9.88. The van der Waals surface area contributed by atoms with Gasteiger partial charge in [0.15, 0.2) is 0 Å². The SMILES string of the molecule is CCN(CC)S(=O)(=O)c1ccc(/C=C/C(=O)Nc2c(C)cnn2C2CCCc3ccccc32)cc1. The molecule has 0 saturated carbocycles. The zero-order valence-corrected chi connectivity index (χ0v) is 21.3. The van der Waals surface area contributed by atoms with E-state index in [4.69, 9.17) is 0 Å². The highest BCUT2D eigenvalue weighted by atomic mass is 32.2. The zero-order chi connectivity index (χ0) is 25.0. The third-order valence-electron chi connectivity index (χ3n) is 6.50. The predicted octanol–water partition coefficient (Wildman–Crippen LogP) is 4.80. The van der Waals surface area contributed by atoms with Crippen molar-refractivity contribution >= 4 is 27.8 Å². The number of fused-ring (bicyclic) bond motifs is 1. The molecule has 1 heterocycles. The molecular formula is C27H32N4O3S. The van der Waals surface area contributed by atoms with Crippen molar-refractivity contribution in [2.75, 3.05) is 18.4 Å². The van der Waals surface area contributed by atoms with Gasteiger partial charge in [-0.25, -0.2) is 13.1 Å². The van der Waals surface area contributed by atoms with Gasteiger partial charge < -0.3 is 5.32 Å². The second kappa shape index (κ2) is 10.6. The predicted molar refractivity (Wildman–Crippen MR) is 139 cm³/mol. The Balaban J connectivity index is 1.49. The molecule has 1 unspecified atom stereocenters. The van der Waals surface area contributed by atoms with E-state index in [1.165, 1.54) is 21.5 Å². The van der Waals surface area contributed by atoms with E-state index in [2.05, 4.69) is 28.6 Å². The molecule has 1 N–H and O–H groups in total. The molecule has 3 aromatic rings. The van der Waals surface area contributed by atoms with Crippen LogP contribution in [0, 0.1) is 6.92 Å². The van der Waals surface area contributed by atoms with Crippen molar-refractivity contribution in [1.29, 1.82) is 0 Å². The molecule has 1 aliphatic carbocycles. The molecule has 1 aromatic heterocycles. The molecule has 184 valence electrons. The van der Waals surface area contributed by atoms with Crippen molar-refractivity contribution in [2.45, 2.75) is 51.0 Å². The Bertz CT molecular complexity index is 1320. The molecule has 0 spiro atoms. The van der Waals surface area contributed by atoms with E-state index >= 15 is 0 Å². The Kier molecular flexibility index (Phi) is 7.52. The van der Waals surface area contributed by atoms with Gasteiger partial charge in [-0.05, 0) is 61.1 Å². The Labute approximate surface area is 207 Å². The third-order valence-corrected chi connectivity index (χ3v) is 8.57. The van der Waals surface area contributed by atoms with Crippen LogP contribution in [-0.4, -0.2) is 41.5 Å². The standard InChI is InChI=1S/C27H32N4O3S/c1-4-30(5-2)35(33,34)23-16-13-21(14-17-23)15-18-26(32)29-27-20(3)19-28-31(27)25-12-8-10-22-9-6-7-11-24(22)25/h6-7,9,11,13-19,25H,4-5,8,10,12H2,1-3H3,(H,29,32)/b18-15+. The topological polar surface area (TPSA) is 84.3 Å². The summed E-state index contributed by atoms with van der Waals surface area (Å²) in [6, 6.07) is 15.1. The number of sulfonamides is 1. The Morgan fingerprint density at radius 2 is 1.86 bits per heavy atom. The minimum atomic E-state index is -3.50. The van der Waals surface area contributed by atoms with Crippen LogP contribution in [0.2, 0.25) is 0 Å². The van der Waals surface area contributed by atoms with Crippen molar-refractivity contribution in [1.82, 2.24) is 14.1 Å². The van der Waals surface area contributed by atoms with Crippen molar-refractivity contribution in [3.05, 3.63) is 83.1 Å². The molecule has 1 atom stereocenters. The number of aryl methyl sites for hydroxylation is 2. The van der Waals surface area contributed by atoms with Crippen LogP contribution in [0.15, 0.2) is 65.7 Å². The van der Waals surface area contributed by atoms with Gasteiger partial charge >= 0.3 is 0 Å². The van der Waals surface area contributed by atoms with Crippen molar-refractivity contribution < 1.29 is 13.2 Å². The molecule has 8 heteroatoms. The molecule has 1 aliphatic rings. The van der Waals surface area contributed by atoms with Crippen LogP contribution in [0.5, 0.6) is 0 Å². The summed E-state index contributed by atoms with van der Waals surface area (Å²) >= 11 is 0. The number of anilines is 1. The van der Waals surface area contributed by atoms with Gasteiger partial charge in [0.25, 0.3) is 0 Å². The summed E-state index contributed by atoms with van der Waals surface area (Å²) in [5.74, 6) is 0.431. The lowest BCUT2D eigenvalue weighted by Crippen LogP contribution is -2.30. The first-order chi connectivity index (χ1) is 16.8. The first-order valence-corrected chi connectivity index (χ1v) is 13.5. The average Bonchev–Trinajstić information content (AvgIpc) is 3.22. The van der Waals surface area contributed by atoms with Gasteiger partial charge in [0, 0.05) is 24.7 Å². The number of carbonyl (C=O) groups is 1. The van der Waals surface area contributed by atoms with E-state index in [1.54, 1.807) is 36.5 Å². The van der Waals surface area contributed by atoms with Gasteiger partial charge in [0.2, 0.25) is 15.9 Å². The van der Waals surface area contributed by atoms with Crippen molar-refractivity contribution in [3.8, 4) is 0 Å². The van der Waals surface area contributed by atoms with Gasteiger partial charge in [-0.1, -0.05) is 50.2 Å². The second-order valence-electron chi connectivity index (χ2n) is 8.71. The monoisotopic (exact) mass is 492 g/mol. The summed E-state index contributed by atoms with van der Waals surface area (Å²) < 4.78 is 28.7. The molecule has 35 heavy (non-hydrogen) atoms. The zero-order valence-electron chi connectivity index (χ0n) is 20.4. The van der Waals surface area contributed by atoms with E-state index in [1.807, 2.05) is 31.5 Å². The van der Waals surface area contributed by atoms with E-state index < -0.39 is 10.0 Å². The number of hydrogen-bond donors (Lipinski definition) is 1. The summed E-state index contributed by atoms with van der Waals surface area (Å²) in [7, 11) is -3.50. The highest BCUT2D eigenvalue weighted by Crippen LogP contribution is 2.35. The molecule has 0 radical (unpaired) electrons. The quantitative estimate of drug-likeness (QED) is 0.458. The summed E-state index contributed by atoms with van der Waals surface area (Å²) in [5, 5.41) is 7.58. The normalized spacial score (nSPS) is 15.9. The lowest BCUT2D eigenvalue weighted by molar-refractivity contribution is -0.111. The maximum atomic E-state index is 12.8. The Morgan fingerprint density at radius 1 is 1.14 bits per heavy atom. The minimum Gasteiger partial charge on any atom is -0.307 e. The third kappa shape index (κ3) is 5.23. The molecular weight excluding hydrogens is 460 g/mol. The highest BCUT2D eigenvalue weighted by Gasteiger charge is 2.25. The molecule has 0 bridgehead atoms. The van der Waals surface area contributed by atoms with Crippen molar-refractivity contribution in [2.24, 2.45) is 0 Å². The van der Waals surface area contributed by atoms with Crippen LogP contribution in [0.1, 0.15) is 55.0 Å². The molecule has 0 aliphatic heterocycles. The molecule has 4 rings (SSSR count). The molecule has 7 nitrogen and oxygen atoms in total. The van der Waals surface area contributed by atoms with Crippen LogP contribution in [-0.2, 0) is 21.2 Å². The number of nitrogens with one attached hydrogen (secondary N) is 1. The first kappa shape index (κ1) is 24.9. The van der Waals surface area contributed by atoms with Gasteiger partial charge in [-0.15, -0.1) is 0 Å². The summed E-state index contributed by atoms with van der Waals surface area (Å²) in [6.07, 6.45) is 8.03. The van der Waals surface area contributed by atoms with Gasteiger partial charge in [-0.3, -0.25) is 4.79 Å². The van der Waals surface area contributed by atoms with E-state index in [0.717, 1.165) is 30.4 Å². The fraction of sp³-hybridized carbons (Fsp3) is 0.333. The highest BCUT2D eigenvalue weighted by molar-refractivity contribution is 7.89. The van der Waals surface area contributed by atoms with Crippen LogP contribution in [0.4, 0.5) is 5.82 Å². The fourth-order valence-electron chi connectivity index (χ4n) is 4.62. The van der Waals surface area contributed by atoms with Gasteiger partial charge in [-0.2, -0.15) is 9.40 Å². The summed E-state index contributed by atoms with van der Waals surface area (Å²) in [4.78, 5) is 13.0. The van der Waals surface area contributed by atoms with Crippen LogP contribution in [0.3, 0.4) is 0 Å². The Morgan fingerprint density at radius 3 is 2.57 bits per heavy atom. The number of rotatable bonds is 8. The van der Waals surface area contributed by atoms with Crippen LogP contribution < -0.4 is 5.32 Å². The number of amides is 1. The average molecular weight is 493 g/mol. The summed E-state index contributed by atoms with van der Waals surface area (Å²) in [5.41, 5.74) is 4.24. The van der Waals surface area contributed by atoms with Crippen LogP contribution >= 0.6 is 0 Å². The molecule has 2 aromatic carbocycles. The number of nitrogens with zero attached hydrogens (tertiary/aromatic N) is 3. The molecule has 0 saturated heterocycles. The second-order valence-corrected chi connectivity index (χ2v) is 10.6. The van der Waals surface area contributed by atoms with Gasteiger partial charge in [0.1, 0.15) is 5.82 Å².